The van der Waals surface area contributed by atoms with Gasteiger partial charge in [0, 0.05) is 132 Å². The van der Waals surface area contributed by atoms with Crippen molar-refractivity contribution >= 4 is 90.4 Å². The SMILES string of the molecule is CO[C@H]1CCN(CCn2nc(-c3cccn3C)c3c(Cl)c(-c4ccccc4)nnc32)C1.Cn1cccc1-c1nn(C2C[C@H]3CC[C@@H](C2)N3)c2ccc(-c3ccccc3)c(Cl)c12.Cn1cccc1-c1nn(C[C@@H]2CCCN2)c2nnc(-c3ccccc3)c(Cl)c12.Cn1cccc1-c1nn(C[C@H]2CCCN2)c2nnc(-c3ccccc3)c(Cl)c12. The molecule has 2 bridgehead atoms. The largest absolute Gasteiger partial charge is 0.380 e. The van der Waals surface area contributed by atoms with E-state index in [1.807, 2.05) is 169 Å². The van der Waals surface area contributed by atoms with Crippen LogP contribution in [-0.4, -0.2) is 163 Å². The van der Waals surface area contributed by atoms with Crippen molar-refractivity contribution in [1.29, 1.82) is 0 Å². The zero-order valence-electron chi connectivity index (χ0n) is 66.0. The van der Waals surface area contributed by atoms with Crippen molar-refractivity contribution in [2.24, 2.45) is 28.2 Å². The second-order valence-electron chi connectivity index (χ2n) is 31.2. The van der Waals surface area contributed by atoms with Gasteiger partial charge in [-0.25, -0.2) is 14.0 Å². The smallest absolute Gasteiger partial charge is 0.182 e. The van der Waals surface area contributed by atoms with Crippen molar-refractivity contribution in [3.8, 4) is 90.5 Å². The van der Waals surface area contributed by atoms with Crippen molar-refractivity contribution in [3.05, 3.63) is 227 Å². The number of rotatable bonds is 17. The van der Waals surface area contributed by atoms with Crippen molar-refractivity contribution in [3.63, 3.8) is 0 Å². The van der Waals surface area contributed by atoms with Crippen molar-refractivity contribution in [2.45, 2.75) is 114 Å². The van der Waals surface area contributed by atoms with Crippen LogP contribution >= 0.6 is 46.4 Å². The Bertz CT molecular complexity index is 5980. The highest BCUT2D eigenvalue weighted by Gasteiger charge is 2.37. The van der Waals surface area contributed by atoms with E-state index in [2.05, 4.69) is 154 Å². The molecular formula is C90H92Cl4N22O. The molecule has 596 valence electrons. The van der Waals surface area contributed by atoms with Crippen molar-refractivity contribution in [2.75, 3.05) is 39.8 Å². The molecule has 0 amide bonds. The maximum absolute atomic E-state index is 7.10. The number of benzene rings is 5. The second kappa shape index (κ2) is 34.1. The Hall–Kier alpha value is -10.7. The molecule has 6 atom stereocenters. The number of nitrogens with one attached hydrogen (secondary N) is 3. The van der Waals surface area contributed by atoms with Crippen LogP contribution in [0.5, 0.6) is 0 Å². The van der Waals surface area contributed by atoms with Gasteiger partial charge in [-0.3, -0.25) is 9.58 Å². The third kappa shape index (κ3) is 15.6. The van der Waals surface area contributed by atoms with Crippen LogP contribution in [-0.2, 0) is 52.6 Å². The molecule has 16 heterocycles. The molecule has 5 aromatic carbocycles. The van der Waals surface area contributed by atoms with Crippen LogP contribution in [0.4, 0.5) is 0 Å². The minimum atomic E-state index is 0.316. The van der Waals surface area contributed by atoms with Crippen molar-refractivity contribution < 1.29 is 4.74 Å². The highest BCUT2D eigenvalue weighted by atomic mass is 35.5. The Balaban J connectivity index is 0.000000108. The summed E-state index contributed by atoms with van der Waals surface area (Å²) in [6.07, 6.45) is 19.0. The van der Waals surface area contributed by atoms with E-state index in [4.69, 9.17) is 71.5 Å². The van der Waals surface area contributed by atoms with E-state index in [1.54, 1.807) is 7.11 Å². The Morgan fingerprint density at radius 2 is 0.795 bits per heavy atom. The van der Waals surface area contributed by atoms with E-state index < -0.39 is 0 Å². The summed E-state index contributed by atoms with van der Waals surface area (Å²) < 4.78 is 21.9. The van der Waals surface area contributed by atoms with Gasteiger partial charge in [-0.2, -0.15) is 20.4 Å². The summed E-state index contributed by atoms with van der Waals surface area (Å²) >= 11 is 27.8. The Labute approximate surface area is 698 Å². The number of nitrogens with zero attached hydrogens (tertiary/aromatic N) is 19. The highest BCUT2D eigenvalue weighted by molar-refractivity contribution is 6.40. The molecule has 3 N–H and O–H groups in total. The van der Waals surface area contributed by atoms with Gasteiger partial charge in [-0.1, -0.05) is 174 Å². The molecule has 0 saturated carbocycles. The molecule has 27 heteroatoms. The maximum atomic E-state index is 7.10. The van der Waals surface area contributed by atoms with E-state index in [-0.39, 0.29) is 0 Å². The monoisotopic (exact) mass is 1640 g/mol. The Kier molecular flexibility index (Phi) is 22.6. The van der Waals surface area contributed by atoms with Gasteiger partial charge in [-0.15, -0.1) is 30.6 Å². The molecule has 5 fully saturated rings. The van der Waals surface area contributed by atoms with Gasteiger partial charge in [0.2, 0.25) is 0 Å². The number of likely N-dealkylation sites (tertiary alicyclic amines) is 1. The van der Waals surface area contributed by atoms with Crippen LogP contribution in [0.3, 0.4) is 0 Å². The molecule has 1 unspecified atom stereocenters. The third-order valence-electron chi connectivity index (χ3n) is 23.7. The molecule has 21 rings (SSSR count). The topological polar surface area (TPSA) is 217 Å². The molecule has 117 heavy (non-hydrogen) atoms. The zero-order chi connectivity index (χ0) is 79.8. The first-order valence-corrected chi connectivity index (χ1v) is 41.9. The summed E-state index contributed by atoms with van der Waals surface area (Å²) in [7, 11) is 9.89. The summed E-state index contributed by atoms with van der Waals surface area (Å²) in [5.41, 5.74) is 18.0. The quantitative estimate of drug-likeness (QED) is 0.0772. The number of halogens is 4. The lowest BCUT2D eigenvalue weighted by Gasteiger charge is -2.29. The average Bonchev–Trinajstić information content (AvgIpc) is 1.58. The van der Waals surface area contributed by atoms with E-state index in [0.29, 0.717) is 80.7 Å². The van der Waals surface area contributed by atoms with Gasteiger partial charge >= 0.3 is 0 Å². The van der Waals surface area contributed by atoms with Crippen molar-refractivity contribution in [1.82, 2.24) is 109 Å². The van der Waals surface area contributed by atoms with Gasteiger partial charge in [0.25, 0.3) is 0 Å². The number of methoxy groups -OCH3 is 1. The predicted molar refractivity (Wildman–Crippen MR) is 467 cm³/mol. The van der Waals surface area contributed by atoms with Crippen LogP contribution in [0.25, 0.3) is 134 Å². The standard InChI is InChI=1S/C25H25ClN4.C23H25ClN6O.2C21H21ClN6/c1-29-13-5-8-22(29)25-23-21(12-11-20(24(23)26)16-6-3-2-4-7-16)30(28-25)19-14-17-9-10-18(15-19)27-17;1-28-11-6-9-18(28)22-19-20(24)21(16-7-4-3-5-8-16)25-26-23(19)30(27-22)14-13-29-12-10-17(15-29)31-2;2*1-27-12-6-10-16(27)20-17-18(22)19(14-7-3-2-4-8-14)24-25-21(17)28(26-20)13-15-9-5-11-23-15/h2-8,11-13,17-19,27H,9-10,14-15H2,1H3;3-9,11,17H,10,12-15H2,1-2H3;2*2-4,6-8,10,12,15,23H,5,9,11,13H2,1H3/t17-,18+,19?;17-;2*15-/m.010/s1. The molecule has 23 nitrogen and oxygen atoms in total. The number of hydrogen-bond acceptors (Lipinski definition) is 15. The molecular weight excluding hydrogens is 1550 g/mol. The Morgan fingerprint density at radius 3 is 1.18 bits per heavy atom. The lowest BCUT2D eigenvalue weighted by molar-refractivity contribution is 0.107. The fourth-order valence-corrected chi connectivity index (χ4v) is 18.9. The van der Waals surface area contributed by atoms with Crippen LogP contribution in [0.1, 0.15) is 63.8 Å². The lowest BCUT2D eigenvalue weighted by atomic mass is 9.99. The second-order valence-corrected chi connectivity index (χ2v) is 32.7. The maximum Gasteiger partial charge on any atom is 0.182 e. The zero-order valence-corrected chi connectivity index (χ0v) is 69.1. The average molecular weight is 1640 g/mol. The molecule has 0 spiro atoms. The summed E-state index contributed by atoms with van der Waals surface area (Å²) in [6.45, 7) is 7.21. The van der Waals surface area contributed by atoms with E-state index in [0.717, 1.165) is 195 Å². The molecule has 5 aliphatic rings. The molecule has 5 saturated heterocycles. The molecule has 16 aromatic rings. The van der Waals surface area contributed by atoms with Crippen LogP contribution < -0.4 is 16.0 Å². The van der Waals surface area contributed by atoms with E-state index in [9.17, 15) is 0 Å². The summed E-state index contributed by atoms with van der Waals surface area (Å²) in [5, 5.41) is 64.0. The summed E-state index contributed by atoms with van der Waals surface area (Å²) in [5.74, 6) is 0. The predicted octanol–water partition coefficient (Wildman–Crippen LogP) is 17.5. The third-order valence-corrected chi connectivity index (χ3v) is 25.2. The molecule has 0 aliphatic carbocycles. The minimum Gasteiger partial charge on any atom is -0.380 e. The molecule has 0 radical (unpaired) electrons. The van der Waals surface area contributed by atoms with Crippen LogP contribution in [0.15, 0.2) is 207 Å². The minimum absolute atomic E-state index is 0.316. The fraction of sp³-hybridized carbons (Fsp3) is 0.311. The first-order chi connectivity index (χ1) is 57.3. The summed E-state index contributed by atoms with van der Waals surface area (Å²) in [6, 6.07) is 63.4. The highest BCUT2D eigenvalue weighted by Crippen LogP contribution is 2.45. The lowest BCUT2D eigenvalue weighted by Crippen LogP contribution is -2.39. The van der Waals surface area contributed by atoms with Crippen LogP contribution in [0, 0.1) is 0 Å². The number of ether oxygens (including phenoxy) is 1. The normalized spacial score (nSPS) is 18.6. The fourth-order valence-electron chi connectivity index (χ4n) is 17.6. The Morgan fingerprint density at radius 1 is 0.393 bits per heavy atom. The van der Waals surface area contributed by atoms with E-state index >= 15 is 0 Å². The number of aromatic nitrogens is 18. The van der Waals surface area contributed by atoms with Gasteiger partial charge in [0.15, 0.2) is 16.9 Å². The number of piperidine rings is 1. The number of aryl methyl sites for hydroxylation is 4. The first kappa shape index (κ1) is 77.5. The van der Waals surface area contributed by atoms with Crippen LogP contribution in [0.2, 0.25) is 20.1 Å². The number of fused-ring (bicyclic) bond motifs is 6. The van der Waals surface area contributed by atoms with Gasteiger partial charge in [-0.05, 0) is 131 Å². The number of hydrogen-bond donors (Lipinski definition) is 3. The molecule has 5 aliphatic heterocycles. The van der Waals surface area contributed by atoms with E-state index in [1.165, 1.54) is 25.7 Å². The molecule has 11 aromatic heterocycles. The van der Waals surface area contributed by atoms with Gasteiger partial charge in [0.1, 0.15) is 39.9 Å². The first-order valence-electron chi connectivity index (χ1n) is 40.4. The van der Waals surface area contributed by atoms with Gasteiger partial charge in [0.05, 0.1) is 96.3 Å². The summed E-state index contributed by atoms with van der Waals surface area (Å²) in [4.78, 5) is 2.40. The van der Waals surface area contributed by atoms with Gasteiger partial charge < -0.3 is 39.0 Å².